The van der Waals surface area contributed by atoms with E-state index in [9.17, 15) is 4.79 Å². The number of hydrogen-bond donors (Lipinski definition) is 0. The molecule has 4 aromatic rings. The van der Waals surface area contributed by atoms with Crippen LogP contribution in [0.2, 0.25) is 0 Å². The van der Waals surface area contributed by atoms with Crippen LogP contribution in [0.25, 0.3) is 22.3 Å². The van der Waals surface area contributed by atoms with Gasteiger partial charge < -0.3 is 13.9 Å². The fourth-order valence-electron chi connectivity index (χ4n) is 5.08. The van der Waals surface area contributed by atoms with Gasteiger partial charge in [-0.05, 0) is 47.7 Å². The zero-order valence-corrected chi connectivity index (χ0v) is 23.1. The molecule has 0 spiro atoms. The first-order valence-electron chi connectivity index (χ1n) is 12.9. The van der Waals surface area contributed by atoms with Crippen molar-refractivity contribution < 1.29 is 18.7 Å². The number of fused-ring (bicyclic) bond motifs is 1. The van der Waals surface area contributed by atoms with Crippen molar-refractivity contribution in [3.8, 4) is 22.8 Å². The van der Waals surface area contributed by atoms with Crippen LogP contribution in [-0.2, 0) is 17.8 Å². The molecular formula is C31H34N2O4S. The Bertz CT molecular complexity index is 1390. The molecule has 0 unspecified atom stereocenters. The summed E-state index contributed by atoms with van der Waals surface area (Å²) < 4.78 is 17.1. The number of hydrogen-bond acceptors (Lipinski definition) is 7. The summed E-state index contributed by atoms with van der Waals surface area (Å²) in [6.07, 6.45) is 2.47. The summed E-state index contributed by atoms with van der Waals surface area (Å²) >= 11 is 1.64. The van der Waals surface area contributed by atoms with E-state index in [1.54, 1.807) is 26.0 Å². The van der Waals surface area contributed by atoms with Crippen molar-refractivity contribution in [3.63, 3.8) is 0 Å². The molecule has 1 fully saturated rings. The average Bonchev–Trinajstić information content (AvgIpc) is 3.32. The molecule has 1 aliphatic heterocycles. The standard InChI is InChI=1S/C31H34N2O4S/c1-35-28-12-10-24(19-29(28)36-2)30-31(38-3)26-18-23(9-11-27(26)37-30)17-25(34)21-33-15-13-32(14-16-33)20-22-7-5-4-6-8-22/h4-12,18-19H,13-17,20-21H2,1-3H3. The van der Waals surface area contributed by atoms with E-state index in [1.165, 1.54) is 5.56 Å². The molecule has 1 aromatic heterocycles. The molecule has 0 bridgehead atoms. The lowest BCUT2D eigenvalue weighted by molar-refractivity contribution is -0.120. The van der Waals surface area contributed by atoms with Crippen LogP contribution in [0, 0.1) is 0 Å². The highest BCUT2D eigenvalue weighted by molar-refractivity contribution is 7.99. The molecule has 1 saturated heterocycles. The van der Waals surface area contributed by atoms with Gasteiger partial charge in [0.1, 0.15) is 11.3 Å². The monoisotopic (exact) mass is 530 g/mol. The van der Waals surface area contributed by atoms with Crippen LogP contribution in [0.15, 0.2) is 76.0 Å². The maximum Gasteiger partial charge on any atom is 0.161 e. The van der Waals surface area contributed by atoms with Crippen molar-refractivity contribution in [1.82, 2.24) is 9.80 Å². The van der Waals surface area contributed by atoms with Crippen molar-refractivity contribution in [1.29, 1.82) is 0 Å². The first-order valence-corrected chi connectivity index (χ1v) is 14.1. The fraction of sp³-hybridized carbons (Fsp3) is 0.323. The molecule has 6 nitrogen and oxygen atoms in total. The molecule has 0 radical (unpaired) electrons. The minimum atomic E-state index is 0.246. The predicted octanol–water partition coefficient (Wildman–Crippen LogP) is 5.77. The average molecular weight is 531 g/mol. The molecule has 7 heteroatoms. The van der Waals surface area contributed by atoms with Crippen molar-refractivity contribution >= 4 is 28.5 Å². The van der Waals surface area contributed by atoms with Crippen molar-refractivity contribution in [2.75, 3.05) is 53.2 Å². The summed E-state index contributed by atoms with van der Waals surface area (Å²) in [5, 5.41) is 1.03. The van der Waals surface area contributed by atoms with E-state index < -0.39 is 0 Å². The van der Waals surface area contributed by atoms with Crippen LogP contribution in [0.5, 0.6) is 11.5 Å². The summed E-state index contributed by atoms with van der Waals surface area (Å²) in [7, 11) is 3.25. The molecule has 38 heavy (non-hydrogen) atoms. The highest BCUT2D eigenvalue weighted by atomic mass is 32.2. The van der Waals surface area contributed by atoms with Gasteiger partial charge in [0.15, 0.2) is 17.3 Å². The Morgan fingerprint density at radius 2 is 1.61 bits per heavy atom. The van der Waals surface area contributed by atoms with Gasteiger partial charge in [0.05, 0.1) is 25.7 Å². The number of ketones is 1. The summed E-state index contributed by atoms with van der Waals surface area (Å²) in [4.78, 5) is 18.8. The van der Waals surface area contributed by atoms with Gasteiger partial charge in [-0.2, -0.15) is 0 Å². The van der Waals surface area contributed by atoms with Crippen LogP contribution in [0.1, 0.15) is 11.1 Å². The van der Waals surface area contributed by atoms with E-state index in [4.69, 9.17) is 13.9 Å². The van der Waals surface area contributed by atoms with Crippen LogP contribution in [0.3, 0.4) is 0 Å². The normalized spacial score (nSPS) is 14.6. The largest absolute Gasteiger partial charge is 0.493 e. The van der Waals surface area contributed by atoms with E-state index >= 15 is 0 Å². The summed E-state index contributed by atoms with van der Waals surface area (Å²) in [5.74, 6) is 2.38. The summed E-state index contributed by atoms with van der Waals surface area (Å²) in [5.41, 5.74) is 4.09. The lowest BCUT2D eigenvalue weighted by Gasteiger charge is -2.34. The Hall–Kier alpha value is -3.26. The lowest BCUT2D eigenvalue weighted by atomic mass is 10.1. The molecule has 0 aliphatic carbocycles. The molecule has 0 N–H and O–H groups in total. The molecule has 198 valence electrons. The number of Topliss-reactive ketones (excluding diaryl/α,β-unsaturated/α-hetero) is 1. The van der Waals surface area contributed by atoms with Gasteiger partial charge in [0, 0.05) is 50.1 Å². The Morgan fingerprint density at radius 3 is 2.32 bits per heavy atom. The second-order valence-corrected chi connectivity index (χ2v) is 10.4. The Morgan fingerprint density at radius 1 is 0.868 bits per heavy atom. The molecule has 5 rings (SSSR count). The minimum absolute atomic E-state index is 0.246. The number of carbonyl (C=O) groups is 1. The number of carbonyl (C=O) groups excluding carboxylic acids is 1. The van der Waals surface area contributed by atoms with E-state index in [0.717, 1.165) is 65.5 Å². The smallest absolute Gasteiger partial charge is 0.161 e. The van der Waals surface area contributed by atoms with Crippen LogP contribution in [-0.4, -0.2) is 68.8 Å². The van der Waals surface area contributed by atoms with Gasteiger partial charge in [-0.3, -0.25) is 14.6 Å². The number of nitrogens with zero attached hydrogens (tertiary/aromatic N) is 2. The van der Waals surface area contributed by atoms with Gasteiger partial charge in [0.25, 0.3) is 0 Å². The van der Waals surface area contributed by atoms with Gasteiger partial charge in [-0.1, -0.05) is 36.4 Å². The number of benzene rings is 3. The predicted molar refractivity (Wildman–Crippen MR) is 153 cm³/mol. The van der Waals surface area contributed by atoms with E-state index in [0.29, 0.717) is 24.5 Å². The molecule has 0 amide bonds. The zero-order chi connectivity index (χ0) is 26.5. The van der Waals surface area contributed by atoms with Crippen LogP contribution in [0.4, 0.5) is 0 Å². The quantitative estimate of drug-likeness (QED) is 0.241. The number of ether oxygens (including phenoxy) is 2. The molecule has 0 atom stereocenters. The van der Waals surface area contributed by atoms with Crippen LogP contribution >= 0.6 is 11.8 Å². The number of piperazine rings is 1. The van der Waals surface area contributed by atoms with Gasteiger partial charge in [0.2, 0.25) is 0 Å². The SMILES string of the molecule is COc1ccc(-c2oc3ccc(CC(=O)CN4CCN(Cc5ccccc5)CC4)cc3c2SC)cc1OC. The molecular weight excluding hydrogens is 496 g/mol. The van der Waals surface area contributed by atoms with Gasteiger partial charge in [-0.15, -0.1) is 11.8 Å². The molecule has 3 aromatic carbocycles. The summed E-state index contributed by atoms with van der Waals surface area (Å²) in [6.45, 7) is 5.28. The zero-order valence-electron chi connectivity index (χ0n) is 22.2. The van der Waals surface area contributed by atoms with Crippen molar-refractivity contribution in [3.05, 3.63) is 77.9 Å². The third kappa shape index (κ3) is 5.90. The highest BCUT2D eigenvalue weighted by Gasteiger charge is 2.21. The third-order valence-corrected chi connectivity index (χ3v) is 7.89. The molecule has 2 heterocycles. The Kier molecular flexibility index (Phi) is 8.37. The highest BCUT2D eigenvalue weighted by Crippen LogP contribution is 2.42. The number of thioether (sulfide) groups is 1. The number of furan rings is 1. The molecule has 0 saturated carbocycles. The maximum absolute atomic E-state index is 13.0. The van der Waals surface area contributed by atoms with Gasteiger partial charge >= 0.3 is 0 Å². The first-order chi connectivity index (χ1) is 18.6. The van der Waals surface area contributed by atoms with Gasteiger partial charge in [-0.25, -0.2) is 0 Å². The summed E-state index contributed by atoms with van der Waals surface area (Å²) in [6, 6.07) is 22.4. The van der Waals surface area contributed by atoms with E-state index in [2.05, 4.69) is 46.2 Å². The molecule has 1 aliphatic rings. The Balaban J connectivity index is 1.24. The lowest BCUT2D eigenvalue weighted by Crippen LogP contribution is -2.47. The maximum atomic E-state index is 13.0. The minimum Gasteiger partial charge on any atom is -0.493 e. The first kappa shape index (κ1) is 26.4. The van der Waals surface area contributed by atoms with Crippen molar-refractivity contribution in [2.24, 2.45) is 0 Å². The third-order valence-electron chi connectivity index (χ3n) is 7.07. The Labute approximate surface area is 228 Å². The van der Waals surface area contributed by atoms with Crippen LogP contribution < -0.4 is 9.47 Å². The topological polar surface area (TPSA) is 55.2 Å². The van der Waals surface area contributed by atoms with Crippen molar-refractivity contribution in [2.45, 2.75) is 17.9 Å². The number of rotatable bonds is 10. The second-order valence-electron chi connectivity index (χ2n) is 9.62. The fourth-order valence-corrected chi connectivity index (χ4v) is 5.81. The number of methoxy groups -OCH3 is 2. The van der Waals surface area contributed by atoms with E-state index in [-0.39, 0.29) is 5.78 Å². The second kappa shape index (κ2) is 12.1. The van der Waals surface area contributed by atoms with E-state index in [1.807, 2.05) is 36.6 Å².